The maximum atomic E-state index is 12.1. The molecule has 0 bridgehead atoms. The van der Waals surface area contributed by atoms with Gasteiger partial charge in [-0.15, -0.1) is 0 Å². The Balaban J connectivity index is 1.93. The molecule has 120 valence electrons. The summed E-state index contributed by atoms with van der Waals surface area (Å²) in [6.45, 7) is 4.28. The zero-order valence-corrected chi connectivity index (χ0v) is 12.7. The lowest BCUT2D eigenvalue weighted by atomic mass is 9.84. The van der Waals surface area contributed by atoms with Gasteiger partial charge in [0.15, 0.2) is 0 Å². The molecule has 1 fully saturated rings. The van der Waals surface area contributed by atoms with Crippen LogP contribution < -0.4 is 5.32 Å². The normalized spacial score (nSPS) is 17.0. The first-order valence-electron chi connectivity index (χ1n) is 7.68. The van der Waals surface area contributed by atoms with Gasteiger partial charge >= 0.3 is 5.97 Å². The summed E-state index contributed by atoms with van der Waals surface area (Å²) >= 11 is 0. The van der Waals surface area contributed by atoms with Crippen LogP contribution in [0.1, 0.15) is 47.2 Å². The number of carbonyl (C=O) groups is 2. The van der Waals surface area contributed by atoms with E-state index >= 15 is 0 Å². The van der Waals surface area contributed by atoms with Gasteiger partial charge in [0.2, 0.25) is 0 Å². The molecule has 1 aliphatic rings. The van der Waals surface area contributed by atoms with E-state index < -0.39 is 5.97 Å². The largest absolute Gasteiger partial charge is 0.477 e. The molecule has 0 aliphatic carbocycles. The van der Waals surface area contributed by atoms with Crippen molar-refractivity contribution in [1.29, 1.82) is 0 Å². The third-order valence-electron chi connectivity index (χ3n) is 4.18. The molecule has 1 aromatic heterocycles. The van der Waals surface area contributed by atoms with Crippen molar-refractivity contribution in [3.8, 4) is 0 Å². The van der Waals surface area contributed by atoms with E-state index in [0.29, 0.717) is 18.4 Å². The first kappa shape index (κ1) is 16.4. The Labute approximate surface area is 129 Å². The SMILES string of the molecule is CCC(CNC(=O)c1cccc(C(=O)O)n1)C1CCOCC1. The molecule has 1 aliphatic heterocycles. The molecule has 22 heavy (non-hydrogen) atoms. The maximum absolute atomic E-state index is 12.1. The summed E-state index contributed by atoms with van der Waals surface area (Å²) in [6, 6.07) is 4.42. The lowest BCUT2D eigenvalue weighted by Crippen LogP contribution is -2.35. The summed E-state index contributed by atoms with van der Waals surface area (Å²) < 4.78 is 5.37. The average molecular weight is 306 g/mol. The highest BCUT2D eigenvalue weighted by molar-refractivity contribution is 5.94. The summed E-state index contributed by atoms with van der Waals surface area (Å²) in [5, 5.41) is 11.8. The number of hydrogen-bond acceptors (Lipinski definition) is 4. The summed E-state index contributed by atoms with van der Waals surface area (Å²) in [6.07, 6.45) is 3.05. The predicted octanol–water partition coefficient (Wildman–Crippen LogP) is 1.96. The summed E-state index contributed by atoms with van der Waals surface area (Å²) in [4.78, 5) is 26.9. The number of ether oxygens (including phenoxy) is 1. The van der Waals surface area contributed by atoms with Crippen molar-refractivity contribution in [2.45, 2.75) is 26.2 Å². The standard InChI is InChI=1S/C16H22N2O4/c1-2-11(12-6-8-22-9-7-12)10-17-15(19)13-4-3-5-14(18-13)16(20)21/h3-5,11-12H,2,6-10H2,1H3,(H,17,19)(H,20,21). The third kappa shape index (κ3) is 4.27. The van der Waals surface area contributed by atoms with Crippen LogP contribution in [0.3, 0.4) is 0 Å². The lowest BCUT2D eigenvalue weighted by molar-refractivity contribution is 0.0454. The van der Waals surface area contributed by atoms with Gasteiger partial charge in [-0.3, -0.25) is 4.79 Å². The molecule has 0 spiro atoms. The minimum absolute atomic E-state index is 0.121. The number of hydrogen-bond donors (Lipinski definition) is 2. The van der Waals surface area contributed by atoms with Gasteiger partial charge in [0.05, 0.1) is 0 Å². The first-order chi connectivity index (χ1) is 10.6. The topological polar surface area (TPSA) is 88.5 Å². The van der Waals surface area contributed by atoms with E-state index in [0.717, 1.165) is 32.5 Å². The first-order valence-corrected chi connectivity index (χ1v) is 7.68. The van der Waals surface area contributed by atoms with E-state index in [9.17, 15) is 9.59 Å². The molecule has 1 unspecified atom stereocenters. The fraction of sp³-hybridized carbons (Fsp3) is 0.562. The molecule has 2 N–H and O–H groups in total. The molecular weight excluding hydrogens is 284 g/mol. The van der Waals surface area contributed by atoms with Crippen molar-refractivity contribution in [2.24, 2.45) is 11.8 Å². The van der Waals surface area contributed by atoms with Crippen LogP contribution in [0.25, 0.3) is 0 Å². The number of carboxylic acids is 1. The van der Waals surface area contributed by atoms with Crippen LogP contribution in [0.4, 0.5) is 0 Å². The van der Waals surface area contributed by atoms with Gasteiger partial charge in [-0.25, -0.2) is 9.78 Å². The zero-order valence-electron chi connectivity index (χ0n) is 12.7. The third-order valence-corrected chi connectivity index (χ3v) is 4.18. The number of pyridine rings is 1. The molecule has 0 saturated carbocycles. The Kier molecular flexibility index (Phi) is 5.89. The van der Waals surface area contributed by atoms with Gasteiger partial charge in [0.1, 0.15) is 11.4 Å². The molecule has 0 radical (unpaired) electrons. The highest BCUT2D eigenvalue weighted by atomic mass is 16.5. The van der Waals surface area contributed by atoms with Crippen LogP contribution in [0.2, 0.25) is 0 Å². The molecule has 1 saturated heterocycles. The summed E-state index contributed by atoms with van der Waals surface area (Å²) in [5.41, 5.74) is 0.0193. The smallest absolute Gasteiger partial charge is 0.354 e. The van der Waals surface area contributed by atoms with Gasteiger partial charge < -0.3 is 15.2 Å². The Morgan fingerprint density at radius 2 is 2.05 bits per heavy atom. The monoisotopic (exact) mass is 306 g/mol. The molecule has 2 rings (SSSR count). The number of amides is 1. The Hall–Kier alpha value is -1.95. The van der Waals surface area contributed by atoms with Crippen LogP contribution in [-0.4, -0.2) is 41.7 Å². The van der Waals surface area contributed by atoms with E-state index in [2.05, 4.69) is 17.2 Å². The summed E-state index contributed by atoms with van der Waals surface area (Å²) in [7, 11) is 0. The van der Waals surface area contributed by atoms with E-state index in [4.69, 9.17) is 9.84 Å². The second-order valence-electron chi connectivity index (χ2n) is 5.54. The van der Waals surface area contributed by atoms with Gasteiger partial charge in [0, 0.05) is 19.8 Å². The fourth-order valence-corrected chi connectivity index (χ4v) is 2.83. The average Bonchev–Trinajstić information content (AvgIpc) is 2.56. The second kappa shape index (κ2) is 7.89. The quantitative estimate of drug-likeness (QED) is 0.838. The number of aromatic nitrogens is 1. The van der Waals surface area contributed by atoms with E-state index in [-0.39, 0.29) is 17.3 Å². The van der Waals surface area contributed by atoms with Gasteiger partial charge in [-0.05, 0) is 36.8 Å². The van der Waals surface area contributed by atoms with Crippen LogP contribution in [0.15, 0.2) is 18.2 Å². The van der Waals surface area contributed by atoms with Crippen molar-refractivity contribution < 1.29 is 19.4 Å². The van der Waals surface area contributed by atoms with E-state index in [1.165, 1.54) is 18.2 Å². The molecule has 2 heterocycles. The van der Waals surface area contributed by atoms with Crippen molar-refractivity contribution >= 4 is 11.9 Å². The van der Waals surface area contributed by atoms with Crippen LogP contribution in [0.5, 0.6) is 0 Å². The van der Waals surface area contributed by atoms with Gasteiger partial charge in [0.25, 0.3) is 5.91 Å². The second-order valence-corrected chi connectivity index (χ2v) is 5.54. The fourth-order valence-electron chi connectivity index (χ4n) is 2.83. The van der Waals surface area contributed by atoms with Crippen molar-refractivity contribution in [2.75, 3.05) is 19.8 Å². The van der Waals surface area contributed by atoms with Gasteiger partial charge in [-0.2, -0.15) is 0 Å². The molecule has 1 amide bonds. The summed E-state index contributed by atoms with van der Waals surface area (Å²) in [5.74, 6) is -0.482. The van der Waals surface area contributed by atoms with Crippen LogP contribution in [-0.2, 0) is 4.74 Å². The minimum Gasteiger partial charge on any atom is -0.477 e. The predicted molar refractivity (Wildman–Crippen MR) is 80.9 cm³/mol. The molecule has 6 heteroatoms. The molecular formula is C16H22N2O4. The Morgan fingerprint density at radius 1 is 1.36 bits per heavy atom. The highest BCUT2D eigenvalue weighted by Crippen LogP contribution is 2.25. The van der Waals surface area contributed by atoms with Crippen molar-refractivity contribution in [1.82, 2.24) is 10.3 Å². The van der Waals surface area contributed by atoms with Crippen LogP contribution in [0, 0.1) is 11.8 Å². The number of nitrogens with zero attached hydrogens (tertiary/aromatic N) is 1. The zero-order chi connectivity index (χ0) is 15.9. The molecule has 6 nitrogen and oxygen atoms in total. The van der Waals surface area contributed by atoms with Crippen molar-refractivity contribution in [3.63, 3.8) is 0 Å². The Bertz CT molecular complexity index is 527. The molecule has 0 aromatic carbocycles. The number of carboxylic acid groups (broad SMARTS) is 1. The Morgan fingerprint density at radius 3 is 2.68 bits per heavy atom. The maximum Gasteiger partial charge on any atom is 0.354 e. The van der Waals surface area contributed by atoms with Crippen LogP contribution >= 0.6 is 0 Å². The minimum atomic E-state index is -1.14. The number of carbonyl (C=O) groups excluding carboxylic acids is 1. The molecule has 1 atom stereocenters. The number of rotatable bonds is 6. The number of aromatic carboxylic acids is 1. The van der Waals surface area contributed by atoms with E-state index in [1.54, 1.807) is 0 Å². The molecule has 1 aromatic rings. The van der Waals surface area contributed by atoms with E-state index in [1.807, 2.05) is 0 Å². The lowest BCUT2D eigenvalue weighted by Gasteiger charge is -2.29. The van der Waals surface area contributed by atoms with Crippen molar-refractivity contribution in [3.05, 3.63) is 29.6 Å². The van der Waals surface area contributed by atoms with Gasteiger partial charge in [-0.1, -0.05) is 19.4 Å². The number of nitrogens with one attached hydrogen (secondary N) is 1. The highest BCUT2D eigenvalue weighted by Gasteiger charge is 2.23.